The number of benzene rings is 1. The van der Waals surface area contributed by atoms with Crippen LogP contribution < -0.4 is 5.32 Å². The molecule has 0 radical (unpaired) electrons. The number of aromatic nitrogens is 2. The summed E-state index contributed by atoms with van der Waals surface area (Å²) in [5.41, 5.74) is 2.06. The molecule has 0 aliphatic carbocycles. The van der Waals surface area contributed by atoms with Crippen molar-refractivity contribution in [1.29, 1.82) is 0 Å². The van der Waals surface area contributed by atoms with Crippen molar-refractivity contribution in [2.45, 2.75) is 19.8 Å². The first kappa shape index (κ1) is 13.8. The number of carbonyl (C=O) groups excluding carboxylic acids is 1. The van der Waals surface area contributed by atoms with Crippen molar-refractivity contribution in [3.63, 3.8) is 0 Å². The third kappa shape index (κ3) is 2.80. The number of halogens is 1. The monoisotopic (exact) mass is 303 g/mol. The van der Waals surface area contributed by atoms with Gasteiger partial charge in [-0.15, -0.1) is 11.3 Å². The second kappa shape index (κ2) is 5.29. The SMILES string of the molecule is CC(C)c1csc(NC(=O)c2cc3cc(F)ccc3[nH]2)n1. The molecule has 3 rings (SSSR count). The number of nitrogens with one attached hydrogen (secondary N) is 2. The van der Waals surface area contributed by atoms with E-state index in [4.69, 9.17) is 0 Å². The molecule has 3 aromatic rings. The van der Waals surface area contributed by atoms with Crippen LogP contribution in [0.3, 0.4) is 0 Å². The number of anilines is 1. The summed E-state index contributed by atoms with van der Waals surface area (Å²) in [7, 11) is 0. The molecule has 2 aromatic heterocycles. The molecule has 0 saturated heterocycles. The molecule has 0 atom stereocenters. The second-order valence-corrected chi connectivity index (χ2v) is 5.96. The van der Waals surface area contributed by atoms with Gasteiger partial charge >= 0.3 is 0 Å². The average molecular weight is 303 g/mol. The van der Waals surface area contributed by atoms with Crippen molar-refractivity contribution in [3.05, 3.63) is 46.9 Å². The highest BCUT2D eigenvalue weighted by Gasteiger charge is 2.13. The van der Waals surface area contributed by atoms with Crippen LogP contribution in [0.1, 0.15) is 35.9 Å². The number of nitrogens with zero attached hydrogens (tertiary/aromatic N) is 1. The van der Waals surface area contributed by atoms with Crippen LogP contribution in [0.2, 0.25) is 0 Å². The van der Waals surface area contributed by atoms with E-state index in [1.165, 1.54) is 23.5 Å². The Morgan fingerprint density at radius 2 is 2.19 bits per heavy atom. The number of amides is 1. The molecule has 0 aliphatic heterocycles. The Labute approximate surface area is 125 Å². The summed E-state index contributed by atoms with van der Waals surface area (Å²) in [4.78, 5) is 19.5. The normalized spacial score (nSPS) is 11.2. The van der Waals surface area contributed by atoms with Crippen molar-refractivity contribution in [3.8, 4) is 0 Å². The van der Waals surface area contributed by atoms with E-state index in [2.05, 4.69) is 15.3 Å². The Morgan fingerprint density at radius 3 is 2.90 bits per heavy atom. The summed E-state index contributed by atoms with van der Waals surface area (Å²) in [5.74, 6) is -0.283. The first-order valence-electron chi connectivity index (χ1n) is 6.58. The fourth-order valence-electron chi connectivity index (χ4n) is 2.00. The molecule has 0 spiro atoms. The molecule has 108 valence electrons. The van der Waals surface area contributed by atoms with Crippen LogP contribution in [0, 0.1) is 5.82 Å². The standard InChI is InChI=1S/C15H14FN3OS/c1-8(2)13-7-21-15(18-13)19-14(20)12-6-9-5-10(16)3-4-11(9)17-12/h3-8,17H,1-2H3,(H,18,19,20). The van der Waals surface area contributed by atoms with E-state index in [1.54, 1.807) is 12.1 Å². The van der Waals surface area contributed by atoms with Gasteiger partial charge in [0.2, 0.25) is 0 Å². The van der Waals surface area contributed by atoms with Gasteiger partial charge in [0.15, 0.2) is 5.13 Å². The number of thiazole rings is 1. The van der Waals surface area contributed by atoms with Crippen molar-refractivity contribution in [1.82, 2.24) is 9.97 Å². The van der Waals surface area contributed by atoms with Crippen LogP contribution in [-0.2, 0) is 0 Å². The van der Waals surface area contributed by atoms with Crippen molar-refractivity contribution in [2.24, 2.45) is 0 Å². The molecule has 6 heteroatoms. The van der Waals surface area contributed by atoms with E-state index in [0.29, 0.717) is 22.1 Å². The Balaban J connectivity index is 1.82. The molecule has 0 bridgehead atoms. The quantitative estimate of drug-likeness (QED) is 0.764. The third-order valence-electron chi connectivity index (χ3n) is 3.16. The highest BCUT2D eigenvalue weighted by atomic mass is 32.1. The summed E-state index contributed by atoms with van der Waals surface area (Å²) in [6.07, 6.45) is 0. The summed E-state index contributed by atoms with van der Waals surface area (Å²) in [6, 6.07) is 5.99. The maximum atomic E-state index is 13.1. The second-order valence-electron chi connectivity index (χ2n) is 5.10. The van der Waals surface area contributed by atoms with Crippen molar-refractivity contribution in [2.75, 3.05) is 5.32 Å². The lowest BCUT2D eigenvalue weighted by atomic mass is 10.2. The van der Waals surface area contributed by atoms with Gasteiger partial charge in [-0.2, -0.15) is 0 Å². The minimum atomic E-state index is -0.324. The zero-order valence-corrected chi connectivity index (χ0v) is 12.4. The summed E-state index contributed by atoms with van der Waals surface area (Å²) in [6.45, 7) is 4.10. The Hall–Kier alpha value is -2.21. The molecule has 0 fully saturated rings. The predicted octanol–water partition coefficient (Wildman–Crippen LogP) is 4.14. The number of hydrogen-bond acceptors (Lipinski definition) is 3. The highest BCUT2D eigenvalue weighted by Crippen LogP contribution is 2.22. The van der Waals surface area contributed by atoms with E-state index in [-0.39, 0.29) is 11.7 Å². The van der Waals surface area contributed by atoms with Gasteiger partial charge in [0.25, 0.3) is 5.91 Å². The maximum Gasteiger partial charge on any atom is 0.273 e. The van der Waals surface area contributed by atoms with E-state index in [9.17, 15) is 9.18 Å². The fraction of sp³-hybridized carbons (Fsp3) is 0.200. The summed E-state index contributed by atoms with van der Waals surface area (Å²) in [5, 5.41) is 5.92. The first-order valence-corrected chi connectivity index (χ1v) is 7.46. The number of fused-ring (bicyclic) bond motifs is 1. The lowest BCUT2D eigenvalue weighted by Gasteiger charge is -1.99. The number of aromatic amines is 1. The van der Waals surface area contributed by atoms with Gasteiger partial charge < -0.3 is 4.98 Å². The Kier molecular flexibility index (Phi) is 3.47. The van der Waals surface area contributed by atoms with Crippen LogP contribution >= 0.6 is 11.3 Å². The van der Waals surface area contributed by atoms with Crippen LogP contribution in [0.15, 0.2) is 29.6 Å². The zero-order valence-electron chi connectivity index (χ0n) is 11.6. The van der Waals surface area contributed by atoms with Gasteiger partial charge in [-0.25, -0.2) is 9.37 Å². The predicted molar refractivity (Wildman–Crippen MR) is 82.4 cm³/mol. The van der Waals surface area contributed by atoms with Gasteiger partial charge in [-0.1, -0.05) is 13.8 Å². The van der Waals surface area contributed by atoms with E-state index >= 15 is 0 Å². The number of hydrogen-bond donors (Lipinski definition) is 2. The largest absolute Gasteiger partial charge is 0.351 e. The van der Waals surface area contributed by atoms with E-state index < -0.39 is 0 Å². The van der Waals surface area contributed by atoms with Crippen molar-refractivity contribution >= 4 is 33.3 Å². The molecule has 4 nitrogen and oxygen atoms in total. The van der Waals surface area contributed by atoms with Crippen LogP contribution in [-0.4, -0.2) is 15.9 Å². The molecule has 21 heavy (non-hydrogen) atoms. The summed E-state index contributed by atoms with van der Waals surface area (Å²) < 4.78 is 13.1. The van der Waals surface area contributed by atoms with Gasteiger partial charge in [0, 0.05) is 16.3 Å². The first-order chi connectivity index (χ1) is 10.0. The smallest absolute Gasteiger partial charge is 0.273 e. The molecule has 1 amide bonds. The molecular formula is C15H14FN3OS. The van der Waals surface area contributed by atoms with Crippen LogP contribution in [0.4, 0.5) is 9.52 Å². The van der Waals surface area contributed by atoms with Gasteiger partial charge in [-0.3, -0.25) is 10.1 Å². The van der Waals surface area contributed by atoms with Crippen molar-refractivity contribution < 1.29 is 9.18 Å². The van der Waals surface area contributed by atoms with E-state index in [1.807, 2.05) is 19.2 Å². The zero-order chi connectivity index (χ0) is 15.0. The highest BCUT2D eigenvalue weighted by molar-refractivity contribution is 7.14. The van der Waals surface area contributed by atoms with Crippen LogP contribution in [0.25, 0.3) is 10.9 Å². The van der Waals surface area contributed by atoms with Crippen LogP contribution in [0.5, 0.6) is 0 Å². The van der Waals surface area contributed by atoms with Gasteiger partial charge in [0.1, 0.15) is 11.5 Å². The molecule has 2 N–H and O–H groups in total. The number of carbonyl (C=O) groups is 1. The minimum absolute atomic E-state index is 0.281. The van der Waals surface area contributed by atoms with E-state index in [0.717, 1.165) is 11.2 Å². The Morgan fingerprint density at radius 1 is 1.38 bits per heavy atom. The molecule has 1 aromatic carbocycles. The molecular weight excluding hydrogens is 289 g/mol. The lowest BCUT2D eigenvalue weighted by Crippen LogP contribution is -2.12. The molecule has 0 unspecified atom stereocenters. The van der Waals surface area contributed by atoms with Gasteiger partial charge in [-0.05, 0) is 30.2 Å². The Bertz CT molecular complexity index is 806. The third-order valence-corrected chi connectivity index (χ3v) is 3.94. The number of rotatable bonds is 3. The fourth-order valence-corrected chi connectivity index (χ4v) is 2.87. The maximum absolute atomic E-state index is 13.1. The molecule has 0 aliphatic rings. The summed E-state index contributed by atoms with van der Waals surface area (Å²) >= 11 is 1.39. The minimum Gasteiger partial charge on any atom is -0.351 e. The topological polar surface area (TPSA) is 57.8 Å². The number of H-pyrrole nitrogens is 1. The lowest BCUT2D eigenvalue weighted by molar-refractivity contribution is 0.102. The molecule has 0 saturated carbocycles. The van der Waals surface area contributed by atoms with Gasteiger partial charge in [0.05, 0.1) is 5.69 Å². The molecule has 2 heterocycles. The average Bonchev–Trinajstić information content (AvgIpc) is 3.04.